The predicted molar refractivity (Wildman–Crippen MR) is 72.0 cm³/mol. The number of para-hydroxylation sites is 1. The van der Waals surface area contributed by atoms with Gasteiger partial charge >= 0.3 is 0 Å². The lowest BCUT2D eigenvalue weighted by Gasteiger charge is -2.18. The third-order valence-corrected chi connectivity index (χ3v) is 4.52. The Bertz CT molecular complexity index is 559. The zero-order chi connectivity index (χ0) is 12.5. The minimum atomic E-state index is -1.15. The minimum Gasteiger partial charge on any atom is -0.588 e. The molecule has 0 saturated heterocycles. The Morgan fingerprint density at radius 1 is 1.17 bits per heavy atom. The minimum absolute atomic E-state index is 0.677. The maximum Gasteiger partial charge on any atom is 0.188 e. The largest absolute Gasteiger partial charge is 0.588 e. The molecule has 0 radical (unpaired) electrons. The summed E-state index contributed by atoms with van der Waals surface area (Å²) in [5, 5.41) is 0. The van der Waals surface area contributed by atoms with Crippen LogP contribution < -0.4 is 9.04 Å². The first-order valence-electron chi connectivity index (χ1n) is 5.71. The second-order valence-electron chi connectivity index (χ2n) is 4.09. The topological polar surface area (TPSA) is 35.5 Å². The zero-order valence-electron chi connectivity index (χ0n) is 10.00. The first kappa shape index (κ1) is 11.4. The zero-order valence-corrected chi connectivity index (χ0v) is 10.8. The Morgan fingerprint density at radius 2 is 1.94 bits per heavy atom. The number of methoxy groups -OCH3 is 1. The van der Waals surface area contributed by atoms with Gasteiger partial charge in [-0.2, -0.15) is 4.31 Å². The molecule has 0 saturated carbocycles. The van der Waals surface area contributed by atoms with E-state index in [0.29, 0.717) is 6.54 Å². The number of ether oxygens (including phenoxy) is 1. The summed E-state index contributed by atoms with van der Waals surface area (Å²) in [4.78, 5) is 0.846. The second-order valence-corrected chi connectivity index (χ2v) is 5.47. The molecule has 92 valence electrons. The van der Waals surface area contributed by atoms with E-state index in [9.17, 15) is 4.55 Å². The molecule has 4 heteroatoms. The molecule has 18 heavy (non-hydrogen) atoms. The van der Waals surface area contributed by atoms with Gasteiger partial charge in [0.15, 0.2) is 4.90 Å². The molecule has 0 aromatic heterocycles. The molecule has 0 aliphatic carbocycles. The molecular weight excluding hydrogens is 246 g/mol. The van der Waals surface area contributed by atoms with Gasteiger partial charge in [-0.1, -0.05) is 18.2 Å². The van der Waals surface area contributed by atoms with Gasteiger partial charge in [0, 0.05) is 11.6 Å². The summed E-state index contributed by atoms with van der Waals surface area (Å²) in [7, 11) is 1.62. The summed E-state index contributed by atoms with van der Waals surface area (Å²) in [6, 6.07) is 15.6. The highest BCUT2D eigenvalue weighted by Crippen LogP contribution is 2.36. The van der Waals surface area contributed by atoms with E-state index in [-0.39, 0.29) is 0 Å². The van der Waals surface area contributed by atoms with Crippen LogP contribution in [0.2, 0.25) is 0 Å². The standard InChI is InChI=1S/C14H13NO2S/c1-17-13-8-7-11-10-15(18(16)14(11)9-13)12-5-3-2-4-6-12/h2-9H,10H2,1H3. The van der Waals surface area contributed by atoms with Crippen LogP contribution in [0.25, 0.3) is 0 Å². The number of hydrogen-bond donors (Lipinski definition) is 0. The summed E-state index contributed by atoms with van der Waals surface area (Å²) in [6.45, 7) is 0.677. The molecule has 1 heterocycles. The van der Waals surface area contributed by atoms with E-state index in [1.165, 1.54) is 0 Å². The van der Waals surface area contributed by atoms with Crippen LogP contribution in [0.3, 0.4) is 0 Å². The molecule has 1 unspecified atom stereocenters. The van der Waals surface area contributed by atoms with E-state index in [1.54, 1.807) is 7.11 Å². The number of fused-ring (bicyclic) bond motifs is 1. The van der Waals surface area contributed by atoms with Gasteiger partial charge in [-0.25, -0.2) is 0 Å². The maximum atomic E-state index is 12.4. The monoisotopic (exact) mass is 259 g/mol. The van der Waals surface area contributed by atoms with Crippen LogP contribution in [-0.4, -0.2) is 11.7 Å². The molecule has 3 nitrogen and oxygen atoms in total. The molecule has 3 rings (SSSR count). The van der Waals surface area contributed by atoms with Crippen molar-refractivity contribution >= 4 is 17.0 Å². The van der Waals surface area contributed by atoms with Gasteiger partial charge in [-0.3, -0.25) is 0 Å². The lowest BCUT2D eigenvalue weighted by atomic mass is 10.2. The summed E-state index contributed by atoms with van der Waals surface area (Å²) < 4.78 is 19.5. The second kappa shape index (κ2) is 4.55. The van der Waals surface area contributed by atoms with Crippen LogP contribution in [0.15, 0.2) is 53.4 Å². The van der Waals surface area contributed by atoms with Crippen LogP contribution in [-0.2, 0) is 17.9 Å². The molecule has 0 amide bonds. The van der Waals surface area contributed by atoms with Gasteiger partial charge < -0.3 is 9.29 Å². The molecule has 1 aliphatic heterocycles. The Hall–Kier alpha value is -1.65. The number of benzene rings is 2. The summed E-state index contributed by atoms with van der Waals surface area (Å²) >= 11 is -1.15. The first-order chi connectivity index (χ1) is 8.79. The van der Waals surface area contributed by atoms with Crippen molar-refractivity contribution in [3.63, 3.8) is 0 Å². The third kappa shape index (κ3) is 1.83. The smallest absolute Gasteiger partial charge is 0.188 e. The molecule has 1 atom stereocenters. The van der Waals surface area contributed by atoms with E-state index in [2.05, 4.69) is 0 Å². The summed E-state index contributed by atoms with van der Waals surface area (Å²) in [5.41, 5.74) is 2.07. The average Bonchev–Trinajstić information content (AvgIpc) is 2.77. The predicted octanol–water partition coefficient (Wildman–Crippen LogP) is 2.74. The molecule has 0 spiro atoms. The molecule has 1 aliphatic rings. The maximum absolute atomic E-state index is 12.4. The Balaban J connectivity index is 1.96. The highest BCUT2D eigenvalue weighted by molar-refractivity contribution is 7.93. The quantitative estimate of drug-likeness (QED) is 0.778. The molecule has 0 bridgehead atoms. The molecular formula is C14H13NO2S. The highest BCUT2D eigenvalue weighted by Gasteiger charge is 2.34. The van der Waals surface area contributed by atoms with Gasteiger partial charge in [-0.05, 0) is 24.3 Å². The molecule has 2 aromatic rings. The Morgan fingerprint density at radius 3 is 2.67 bits per heavy atom. The number of nitrogens with zero attached hydrogens (tertiary/aromatic N) is 1. The fraction of sp³-hybridized carbons (Fsp3) is 0.143. The Labute approximate surface area is 109 Å². The fourth-order valence-corrected chi connectivity index (χ4v) is 3.45. The van der Waals surface area contributed by atoms with Gasteiger partial charge in [0.2, 0.25) is 0 Å². The SMILES string of the molecule is COc1ccc2c(c1)[S+]([O-])N(c1ccccc1)C2. The van der Waals surface area contributed by atoms with Crippen molar-refractivity contribution in [1.82, 2.24) is 0 Å². The van der Waals surface area contributed by atoms with Crippen LogP contribution in [0.5, 0.6) is 5.75 Å². The van der Waals surface area contributed by atoms with Crippen LogP contribution in [0, 0.1) is 0 Å². The lowest BCUT2D eigenvalue weighted by molar-refractivity contribution is 0.413. The van der Waals surface area contributed by atoms with E-state index in [0.717, 1.165) is 21.9 Å². The summed E-state index contributed by atoms with van der Waals surface area (Å²) in [5.74, 6) is 0.747. The van der Waals surface area contributed by atoms with Crippen molar-refractivity contribution in [3.8, 4) is 5.75 Å². The number of hydrogen-bond acceptors (Lipinski definition) is 3. The van der Waals surface area contributed by atoms with E-state index in [1.807, 2.05) is 52.8 Å². The van der Waals surface area contributed by atoms with Gasteiger partial charge in [0.05, 0.1) is 19.3 Å². The summed E-state index contributed by atoms with van der Waals surface area (Å²) in [6.07, 6.45) is 0. The van der Waals surface area contributed by atoms with Crippen LogP contribution in [0.4, 0.5) is 5.69 Å². The van der Waals surface area contributed by atoms with Crippen molar-refractivity contribution in [2.24, 2.45) is 0 Å². The molecule has 0 fully saturated rings. The fourth-order valence-electron chi connectivity index (χ4n) is 2.07. The highest BCUT2D eigenvalue weighted by atomic mass is 32.2. The van der Waals surface area contributed by atoms with Crippen molar-refractivity contribution in [3.05, 3.63) is 54.1 Å². The van der Waals surface area contributed by atoms with E-state index < -0.39 is 11.4 Å². The van der Waals surface area contributed by atoms with Crippen LogP contribution >= 0.6 is 0 Å². The normalized spacial score (nSPS) is 17.7. The Kier molecular flexibility index (Phi) is 2.89. The van der Waals surface area contributed by atoms with Gasteiger partial charge in [-0.15, -0.1) is 0 Å². The third-order valence-electron chi connectivity index (χ3n) is 3.02. The van der Waals surface area contributed by atoms with E-state index in [4.69, 9.17) is 4.74 Å². The first-order valence-corrected chi connectivity index (χ1v) is 6.81. The van der Waals surface area contributed by atoms with Crippen molar-refractivity contribution < 1.29 is 9.29 Å². The average molecular weight is 259 g/mol. The van der Waals surface area contributed by atoms with Gasteiger partial charge in [0.1, 0.15) is 17.1 Å². The van der Waals surface area contributed by atoms with Gasteiger partial charge in [0.25, 0.3) is 0 Å². The van der Waals surface area contributed by atoms with Crippen molar-refractivity contribution in [1.29, 1.82) is 0 Å². The van der Waals surface area contributed by atoms with E-state index >= 15 is 0 Å². The number of rotatable bonds is 2. The van der Waals surface area contributed by atoms with Crippen molar-refractivity contribution in [2.45, 2.75) is 11.4 Å². The molecule has 0 N–H and O–H groups in total. The number of anilines is 1. The van der Waals surface area contributed by atoms with Crippen LogP contribution in [0.1, 0.15) is 5.56 Å². The lowest BCUT2D eigenvalue weighted by Crippen LogP contribution is -2.23. The molecule has 2 aromatic carbocycles. The van der Waals surface area contributed by atoms with Crippen molar-refractivity contribution in [2.75, 3.05) is 11.4 Å².